The number of likely N-dealkylation sites (tertiary alicyclic amines) is 1. The minimum absolute atomic E-state index is 0.178. The molecule has 2 aliphatic heterocycles. The van der Waals surface area contributed by atoms with Crippen molar-refractivity contribution in [3.63, 3.8) is 0 Å². The Balaban J connectivity index is 1.20. The largest absolute Gasteiger partial charge is 0.490 e. The van der Waals surface area contributed by atoms with Crippen molar-refractivity contribution >= 4 is 28.1 Å². The van der Waals surface area contributed by atoms with E-state index in [9.17, 15) is 4.79 Å². The van der Waals surface area contributed by atoms with Crippen molar-refractivity contribution in [1.82, 2.24) is 14.5 Å². The Hall–Kier alpha value is -2.42. The summed E-state index contributed by atoms with van der Waals surface area (Å²) in [6.45, 7) is 4.61. The summed E-state index contributed by atoms with van der Waals surface area (Å²) in [5, 5.41) is 2.22. The maximum atomic E-state index is 11.3. The van der Waals surface area contributed by atoms with Crippen LogP contribution < -0.4 is 10.5 Å². The maximum Gasteiger partial charge on any atom is 0.237 e. The Morgan fingerprint density at radius 1 is 1.30 bits per heavy atom. The number of rotatable bonds is 6. The van der Waals surface area contributed by atoms with Gasteiger partial charge in [0.05, 0.1) is 35.8 Å². The molecule has 4 heterocycles. The van der Waals surface area contributed by atoms with Crippen LogP contribution in [0.25, 0.3) is 10.9 Å². The highest BCUT2D eigenvalue weighted by Gasteiger charge is 2.23. The summed E-state index contributed by atoms with van der Waals surface area (Å²) in [5.41, 5.74) is 7.56. The van der Waals surface area contributed by atoms with E-state index < -0.39 is 0 Å². The van der Waals surface area contributed by atoms with Crippen LogP contribution >= 0.6 is 11.3 Å². The van der Waals surface area contributed by atoms with Crippen LogP contribution in [0.5, 0.6) is 5.75 Å². The highest BCUT2D eigenvalue weighted by molar-refractivity contribution is 7.11. The summed E-state index contributed by atoms with van der Waals surface area (Å²) in [6, 6.07) is 7.97. The number of aromatic nitrogens is 2. The number of carbonyl (C=O) groups is 1. The predicted molar refractivity (Wildman–Crippen MR) is 116 cm³/mol. The molecular weight excluding hydrogens is 400 g/mol. The maximum absolute atomic E-state index is 11.3. The van der Waals surface area contributed by atoms with Crippen LogP contribution in [-0.2, 0) is 35.6 Å². The summed E-state index contributed by atoms with van der Waals surface area (Å²) >= 11 is 1.80. The Morgan fingerprint density at radius 3 is 2.97 bits per heavy atom. The Morgan fingerprint density at radius 2 is 2.17 bits per heavy atom. The minimum Gasteiger partial charge on any atom is -0.490 e. The fraction of sp³-hybridized carbons (Fsp3) is 0.455. The minimum atomic E-state index is -0.347. The molecule has 0 saturated carbocycles. The zero-order valence-corrected chi connectivity index (χ0v) is 17.7. The SMILES string of the molecule is NC(=O)Cn1ccc2c(OC3CCN(Cc4nc5c(s4)COCC5)CC3)cccc21. The summed E-state index contributed by atoms with van der Waals surface area (Å²) in [7, 11) is 0. The molecule has 0 atom stereocenters. The third kappa shape index (κ3) is 4.08. The summed E-state index contributed by atoms with van der Waals surface area (Å²) < 4.78 is 13.8. The number of benzene rings is 1. The molecule has 158 valence electrons. The average Bonchev–Trinajstić information content (AvgIpc) is 3.33. The monoisotopic (exact) mass is 426 g/mol. The molecule has 0 spiro atoms. The molecule has 1 saturated heterocycles. The van der Waals surface area contributed by atoms with Gasteiger partial charge in [0, 0.05) is 31.1 Å². The average molecular weight is 427 g/mol. The van der Waals surface area contributed by atoms with Crippen molar-refractivity contribution in [2.45, 2.75) is 45.1 Å². The molecule has 0 radical (unpaired) electrons. The smallest absolute Gasteiger partial charge is 0.237 e. The topological polar surface area (TPSA) is 82.6 Å². The molecule has 0 aliphatic carbocycles. The van der Waals surface area contributed by atoms with Gasteiger partial charge in [0.1, 0.15) is 23.4 Å². The summed E-state index contributed by atoms with van der Waals surface area (Å²) in [6.07, 6.45) is 5.02. The van der Waals surface area contributed by atoms with Gasteiger partial charge in [-0.05, 0) is 31.0 Å². The second-order valence-electron chi connectivity index (χ2n) is 7.97. The second kappa shape index (κ2) is 8.37. The number of primary amides is 1. The highest BCUT2D eigenvalue weighted by Crippen LogP contribution is 2.30. The van der Waals surface area contributed by atoms with Gasteiger partial charge < -0.3 is 19.8 Å². The molecule has 1 aromatic carbocycles. The number of carbonyl (C=O) groups excluding carboxylic acids is 1. The van der Waals surface area contributed by atoms with E-state index in [2.05, 4.69) is 4.90 Å². The van der Waals surface area contributed by atoms with E-state index in [1.807, 2.05) is 35.0 Å². The molecule has 30 heavy (non-hydrogen) atoms. The van der Waals surface area contributed by atoms with Crippen molar-refractivity contribution in [3.8, 4) is 5.75 Å². The van der Waals surface area contributed by atoms with E-state index >= 15 is 0 Å². The highest BCUT2D eigenvalue weighted by atomic mass is 32.1. The zero-order chi connectivity index (χ0) is 20.5. The van der Waals surface area contributed by atoms with Crippen LogP contribution in [-0.4, -0.2) is 46.2 Å². The molecule has 1 amide bonds. The van der Waals surface area contributed by atoms with Crippen molar-refractivity contribution < 1.29 is 14.3 Å². The van der Waals surface area contributed by atoms with Gasteiger partial charge in [-0.25, -0.2) is 4.98 Å². The fourth-order valence-corrected chi connectivity index (χ4v) is 5.40. The molecular formula is C22H26N4O3S. The molecule has 3 aromatic rings. The van der Waals surface area contributed by atoms with Crippen molar-refractivity contribution in [2.75, 3.05) is 19.7 Å². The standard InChI is InChI=1S/C22H26N4O3S/c23-21(27)12-26-10-6-16-18(26)2-1-3-19(16)29-15-4-8-25(9-5-15)13-22-24-17-7-11-28-14-20(17)30-22/h1-3,6,10,15H,4-5,7-9,11-14H2,(H2,23,27). The van der Waals surface area contributed by atoms with Gasteiger partial charge >= 0.3 is 0 Å². The van der Waals surface area contributed by atoms with Gasteiger partial charge in [0.2, 0.25) is 5.91 Å². The molecule has 0 unspecified atom stereocenters. The molecule has 2 N–H and O–H groups in total. The van der Waals surface area contributed by atoms with Crippen LogP contribution in [0.4, 0.5) is 0 Å². The lowest BCUT2D eigenvalue weighted by molar-refractivity contribution is -0.118. The summed E-state index contributed by atoms with van der Waals surface area (Å²) in [5.74, 6) is 0.529. The van der Waals surface area contributed by atoms with Crippen LogP contribution in [0.15, 0.2) is 30.5 Å². The van der Waals surface area contributed by atoms with E-state index in [0.717, 1.165) is 68.8 Å². The van der Waals surface area contributed by atoms with E-state index in [1.165, 1.54) is 15.6 Å². The van der Waals surface area contributed by atoms with E-state index in [0.29, 0.717) is 0 Å². The number of hydrogen-bond acceptors (Lipinski definition) is 6. The van der Waals surface area contributed by atoms with Gasteiger partial charge in [0.15, 0.2) is 0 Å². The number of amides is 1. The molecule has 0 bridgehead atoms. The lowest BCUT2D eigenvalue weighted by atomic mass is 10.1. The third-order valence-electron chi connectivity index (χ3n) is 5.83. The Kier molecular flexibility index (Phi) is 5.45. The van der Waals surface area contributed by atoms with Crippen molar-refractivity contribution in [3.05, 3.63) is 46.0 Å². The first-order chi connectivity index (χ1) is 14.7. The Labute approximate surface area is 179 Å². The number of thiazole rings is 1. The van der Waals surface area contributed by atoms with Gasteiger partial charge in [0.25, 0.3) is 0 Å². The lowest BCUT2D eigenvalue weighted by Crippen LogP contribution is -2.37. The quantitative estimate of drug-likeness (QED) is 0.655. The Bertz CT molecular complexity index is 1030. The lowest BCUT2D eigenvalue weighted by Gasteiger charge is -2.31. The van der Waals surface area contributed by atoms with Crippen LogP contribution in [0.3, 0.4) is 0 Å². The molecule has 2 aromatic heterocycles. The van der Waals surface area contributed by atoms with E-state index in [4.69, 9.17) is 20.2 Å². The second-order valence-corrected chi connectivity index (χ2v) is 9.14. The van der Waals surface area contributed by atoms with E-state index in [-0.39, 0.29) is 18.6 Å². The molecule has 8 heteroatoms. The zero-order valence-electron chi connectivity index (χ0n) is 16.9. The third-order valence-corrected chi connectivity index (χ3v) is 6.88. The van der Waals surface area contributed by atoms with Crippen molar-refractivity contribution in [1.29, 1.82) is 0 Å². The van der Waals surface area contributed by atoms with Crippen LogP contribution in [0.1, 0.15) is 28.4 Å². The molecule has 2 aliphatic rings. The van der Waals surface area contributed by atoms with Crippen LogP contribution in [0.2, 0.25) is 0 Å². The first kappa shape index (κ1) is 19.5. The predicted octanol–water partition coefficient (Wildman–Crippen LogP) is 2.70. The van der Waals surface area contributed by atoms with Gasteiger partial charge in [-0.1, -0.05) is 6.07 Å². The number of hydrogen-bond donors (Lipinski definition) is 1. The normalized spacial score (nSPS) is 17.9. The fourth-order valence-electron chi connectivity index (χ4n) is 4.31. The van der Waals surface area contributed by atoms with Gasteiger partial charge in [-0.15, -0.1) is 11.3 Å². The van der Waals surface area contributed by atoms with Gasteiger partial charge in [-0.2, -0.15) is 0 Å². The first-order valence-corrected chi connectivity index (χ1v) is 11.3. The molecule has 7 nitrogen and oxygen atoms in total. The number of nitrogens with two attached hydrogens (primary N) is 1. The van der Waals surface area contributed by atoms with Crippen molar-refractivity contribution in [2.24, 2.45) is 5.73 Å². The van der Waals surface area contributed by atoms with Crippen LogP contribution in [0, 0.1) is 0 Å². The van der Waals surface area contributed by atoms with Gasteiger partial charge in [-0.3, -0.25) is 9.69 Å². The number of ether oxygens (including phenoxy) is 2. The number of piperidine rings is 1. The van der Waals surface area contributed by atoms with E-state index in [1.54, 1.807) is 11.3 Å². The first-order valence-electron chi connectivity index (χ1n) is 10.5. The number of nitrogens with zero attached hydrogens (tertiary/aromatic N) is 3. The molecule has 5 rings (SSSR count). The molecule has 1 fully saturated rings. The summed E-state index contributed by atoms with van der Waals surface area (Å²) in [4.78, 5) is 19.9. The number of fused-ring (bicyclic) bond motifs is 2.